The molecule has 3 N–H and O–H groups in total. The Balaban J connectivity index is 2.64. The minimum Gasteiger partial charge on any atom is -0.387 e. The molecule has 0 spiro atoms. The average Bonchev–Trinajstić information content (AvgIpc) is 2.04. The van der Waals surface area contributed by atoms with Crippen molar-refractivity contribution < 1.29 is 32.7 Å². The van der Waals surface area contributed by atoms with E-state index in [2.05, 4.69) is 8.92 Å². The van der Waals surface area contributed by atoms with Crippen LogP contribution in [0.3, 0.4) is 0 Å². The molecule has 1 rings (SSSR count). The zero-order chi connectivity index (χ0) is 10.9. The Kier molecular flexibility index (Phi) is 3.45. The van der Waals surface area contributed by atoms with Gasteiger partial charge in [0.2, 0.25) is 0 Å². The molecule has 1 fully saturated rings. The molecular weight excluding hydrogens is 216 g/mol. The standard InChI is InChI=1S/C6H12O7S/c1-14(10,11)13-3-2-12-6(9)5(8)4(3)7/h3-9H,2H2,1H3/t3-,4-,5+,6-/m1/s1. The molecule has 14 heavy (non-hydrogen) atoms. The maximum atomic E-state index is 10.7. The molecule has 0 radical (unpaired) electrons. The van der Waals surface area contributed by atoms with E-state index in [1.54, 1.807) is 0 Å². The van der Waals surface area contributed by atoms with Gasteiger partial charge in [0, 0.05) is 0 Å². The summed E-state index contributed by atoms with van der Waals surface area (Å²) in [5, 5.41) is 27.3. The third-order valence-electron chi connectivity index (χ3n) is 1.75. The predicted molar refractivity (Wildman–Crippen MR) is 43.7 cm³/mol. The fourth-order valence-corrected chi connectivity index (χ4v) is 1.71. The lowest BCUT2D eigenvalue weighted by Gasteiger charge is -2.33. The summed E-state index contributed by atoms with van der Waals surface area (Å²) in [6.07, 6.45) is -4.96. The quantitative estimate of drug-likeness (QED) is 0.444. The van der Waals surface area contributed by atoms with Crippen molar-refractivity contribution in [1.29, 1.82) is 0 Å². The lowest BCUT2D eigenvalue weighted by Crippen LogP contribution is -2.54. The van der Waals surface area contributed by atoms with Crippen molar-refractivity contribution in [3.8, 4) is 0 Å². The molecule has 0 aromatic heterocycles. The van der Waals surface area contributed by atoms with Crippen LogP contribution >= 0.6 is 0 Å². The predicted octanol–water partition coefficient (Wildman–Crippen LogP) is -2.60. The van der Waals surface area contributed by atoms with Crippen LogP contribution in [0.4, 0.5) is 0 Å². The molecule has 0 aromatic rings. The Hall–Kier alpha value is -0.250. The molecule has 0 aliphatic carbocycles. The molecule has 1 heterocycles. The van der Waals surface area contributed by atoms with E-state index in [1.165, 1.54) is 0 Å². The minimum atomic E-state index is -3.73. The topological polar surface area (TPSA) is 113 Å². The molecule has 4 atom stereocenters. The van der Waals surface area contributed by atoms with Crippen molar-refractivity contribution in [3.05, 3.63) is 0 Å². The lowest BCUT2D eigenvalue weighted by molar-refractivity contribution is -0.247. The molecular formula is C6H12O7S. The second-order valence-electron chi connectivity index (χ2n) is 3.04. The molecule has 0 bridgehead atoms. The summed E-state index contributed by atoms with van der Waals surface area (Å²) >= 11 is 0. The van der Waals surface area contributed by atoms with Gasteiger partial charge in [-0.2, -0.15) is 8.42 Å². The summed E-state index contributed by atoms with van der Waals surface area (Å²) in [6, 6.07) is 0. The van der Waals surface area contributed by atoms with Gasteiger partial charge >= 0.3 is 0 Å². The van der Waals surface area contributed by atoms with Gasteiger partial charge in [0.05, 0.1) is 12.9 Å². The van der Waals surface area contributed by atoms with Crippen molar-refractivity contribution in [2.24, 2.45) is 0 Å². The highest BCUT2D eigenvalue weighted by molar-refractivity contribution is 7.86. The van der Waals surface area contributed by atoms with Crippen molar-refractivity contribution in [1.82, 2.24) is 0 Å². The fourth-order valence-electron chi connectivity index (χ4n) is 1.09. The van der Waals surface area contributed by atoms with E-state index in [-0.39, 0.29) is 6.61 Å². The van der Waals surface area contributed by atoms with E-state index in [0.29, 0.717) is 0 Å². The summed E-state index contributed by atoms with van der Waals surface area (Å²) < 4.78 is 30.4. The van der Waals surface area contributed by atoms with Crippen LogP contribution in [0.15, 0.2) is 0 Å². The van der Waals surface area contributed by atoms with Crippen LogP contribution in [0.5, 0.6) is 0 Å². The first-order valence-corrected chi connectivity index (χ1v) is 5.67. The molecule has 0 unspecified atom stereocenters. The summed E-state index contributed by atoms with van der Waals surface area (Å²) in [7, 11) is -3.73. The van der Waals surface area contributed by atoms with Crippen molar-refractivity contribution >= 4 is 10.1 Å². The van der Waals surface area contributed by atoms with E-state index < -0.39 is 34.7 Å². The lowest BCUT2D eigenvalue weighted by atomic mass is 10.1. The molecule has 84 valence electrons. The smallest absolute Gasteiger partial charge is 0.264 e. The van der Waals surface area contributed by atoms with Gasteiger partial charge in [-0.1, -0.05) is 0 Å². The van der Waals surface area contributed by atoms with E-state index in [0.717, 1.165) is 6.26 Å². The van der Waals surface area contributed by atoms with Gasteiger partial charge in [-0.3, -0.25) is 4.18 Å². The third kappa shape index (κ3) is 2.87. The van der Waals surface area contributed by atoms with Crippen LogP contribution < -0.4 is 0 Å². The average molecular weight is 228 g/mol. The molecule has 0 amide bonds. The van der Waals surface area contributed by atoms with E-state index in [9.17, 15) is 13.5 Å². The SMILES string of the molecule is CS(=O)(=O)O[C@@H]1CO[C@@H](O)[C@@H](O)[C@@H]1O. The van der Waals surface area contributed by atoms with Crippen LogP contribution in [0.2, 0.25) is 0 Å². The zero-order valence-corrected chi connectivity index (χ0v) is 8.22. The van der Waals surface area contributed by atoms with Crippen LogP contribution in [0, 0.1) is 0 Å². The van der Waals surface area contributed by atoms with Gasteiger partial charge < -0.3 is 20.1 Å². The Morgan fingerprint density at radius 1 is 1.29 bits per heavy atom. The fraction of sp³-hybridized carbons (Fsp3) is 1.00. The number of ether oxygens (including phenoxy) is 1. The number of aliphatic hydroxyl groups is 3. The summed E-state index contributed by atoms with van der Waals surface area (Å²) in [5.41, 5.74) is 0. The molecule has 1 saturated heterocycles. The van der Waals surface area contributed by atoms with Crippen LogP contribution in [-0.4, -0.2) is 61.2 Å². The Labute approximate surface area is 81.0 Å². The highest BCUT2D eigenvalue weighted by atomic mass is 32.2. The second kappa shape index (κ2) is 4.09. The number of hydrogen-bond acceptors (Lipinski definition) is 7. The van der Waals surface area contributed by atoms with Gasteiger partial charge in [-0.25, -0.2) is 0 Å². The van der Waals surface area contributed by atoms with Gasteiger partial charge in [0.25, 0.3) is 10.1 Å². The van der Waals surface area contributed by atoms with Crippen molar-refractivity contribution in [2.45, 2.75) is 24.6 Å². The molecule has 8 heteroatoms. The van der Waals surface area contributed by atoms with E-state index >= 15 is 0 Å². The van der Waals surface area contributed by atoms with E-state index in [1.807, 2.05) is 0 Å². The minimum absolute atomic E-state index is 0.299. The van der Waals surface area contributed by atoms with Crippen LogP contribution in [0.1, 0.15) is 0 Å². The molecule has 0 saturated carbocycles. The van der Waals surface area contributed by atoms with Crippen molar-refractivity contribution in [2.75, 3.05) is 12.9 Å². The van der Waals surface area contributed by atoms with Gasteiger partial charge in [-0.05, 0) is 0 Å². The summed E-state index contributed by atoms with van der Waals surface area (Å²) in [5.74, 6) is 0. The van der Waals surface area contributed by atoms with Crippen LogP contribution in [-0.2, 0) is 19.0 Å². The van der Waals surface area contributed by atoms with E-state index in [4.69, 9.17) is 10.2 Å². The Morgan fingerprint density at radius 2 is 1.86 bits per heavy atom. The summed E-state index contributed by atoms with van der Waals surface area (Å²) in [6.45, 7) is -0.299. The van der Waals surface area contributed by atoms with Gasteiger partial charge in [-0.15, -0.1) is 0 Å². The Morgan fingerprint density at radius 3 is 2.36 bits per heavy atom. The first-order valence-electron chi connectivity index (χ1n) is 3.85. The largest absolute Gasteiger partial charge is 0.387 e. The normalized spacial score (nSPS) is 39.7. The third-order valence-corrected chi connectivity index (χ3v) is 2.35. The molecule has 0 aromatic carbocycles. The molecule has 1 aliphatic heterocycles. The van der Waals surface area contributed by atoms with Crippen LogP contribution in [0.25, 0.3) is 0 Å². The number of rotatable bonds is 2. The highest BCUT2D eigenvalue weighted by Gasteiger charge is 2.39. The molecule has 1 aliphatic rings. The maximum Gasteiger partial charge on any atom is 0.264 e. The summed E-state index contributed by atoms with van der Waals surface area (Å²) in [4.78, 5) is 0. The first-order chi connectivity index (χ1) is 6.31. The monoisotopic (exact) mass is 228 g/mol. The Bertz CT molecular complexity index is 287. The van der Waals surface area contributed by atoms with Crippen molar-refractivity contribution in [3.63, 3.8) is 0 Å². The number of hydrogen-bond donors (Lipinski definition) is 3. The van der Waals surface area contributed by atoms with Gasteiger partial charge in [0.1, 0.15) is 18.3 Å². The second-order valence-corrected chi connectivity index (χ2v) is 4.64. The first kappa shape index (κ1) is 11.8. The highest BCUT2D eigenvalue weighted by Crippen LogP contribution is 2.17. The zero-order valence-electron chi connectivity index (χ0n) is 7.40. The maximum absolute atomic E-state index is 10.7. The van der Waals surface area contributed by atoms with Gasteiger partial charge in [0.15, 0.2) is 6.29 Å². The molecule has 7 nitrogen and oxygen atoms in total. The number of aliphatic hydroxyl groups excluding tert-OH is 3.